The molecule has 0 bridgehead atoms. The molecule has 2 N–H and O–H groups in total. The van der Waals surface area contributed by atoms with Gasteiger partial charge in [0.15, 0.2) is 0 Å². The first kappa shape index (κ1) is 16.2. The molecule has 0 aliphatic heterocycles. The minimum absolute atomic E-state index is 0. The summed E-state index contributed by atoms with van der Waals surface area (Å²) in [6.45, 7) is 4.25. The number of nitrogens with zero attached hydrogens (tertiary/aromatic N) is 1. The Morgan fingerprint density at radius 2 is 2.12 bits per heavy atom. The molecule has 0 spiro atoms. The van der Waals surface area contributed by atoms with Crippen LogP contribution in [0.15, 0.2) is 18.2 Å². The molecule has 5 heteroatoms. The molecule has 3 nitrogen and oxygen atoms in total. The standard InChI is InChI=1S/C12H17ClN2O.ClH/c1-8-6-10(4-5-11(8)13)12(16)15(3)9(2)7-14;/h4-6,9H,7,14H2,1-3H3;1H. The van der Waals surface area contributed by atoms with Crippen molar-refractivity contribution in [2.75, 3.05) is 13.6 Å². The number of hydrogen-bond acceptors (Lipinski definition) is 2. The van der Waals surface area contributed by atoms with E-state index in [0.717, 1.165) is 5.56 Å². The number of likely N-dealkylation sites (N-methyl/N-ethyl adjacent to an activating group) is 1. The summed E-state index contributed by atoms with van der Waals surface area (Å²) in [5, 5.41) is 0.672. The Balaban J connectivity index is 0.00000256. The minimum atomic E-state index is -0.0299. The second-order valence-electron chi connectivity index (χ2n) is 3.96. The average molecular weight is 277 g/mol. The highest BCUT2D eigenvalue weighted by Crippen LogP contribution is 2.17. The lowest BCUT2D eigenvalue weighted by atomic mass is 10.1. The van der Waals surface area contributed by atoms with E-state index < -0.39 is 0 Å². The van der Waals surface area contributed by atoms with Gasteiger partial charge in [0, 0.05) is 30.2 Å². The third-order valence-corrected chi connectivity index (χ3v) is 3.15. The maximum atomic E-state index is 12.0. The lowest BCUT2D eigenvalue weighted by molar-refractivity contribution is 0.0748. The normalized spacial score (nSPS) is 11.6. The Morgan fingerprint density at radius 1 is 1.53 bits per heavy atom. The molecule has 0 aliphatic carbocycles. The number of halogens is 2. The van der Waals surface area contributed by atoms with Crippen LogP contribution in [0.25, 0.3) is 0 Å². The number of carbonyl (C=O) groups excluding carboxylic acids is 1. The first-order valence-corrected chi connectivity index (χ1v) is 5.58. The van der Waals surface area contributed by atoms with Gasteiger partial charge in [-0.3, -0.25) is 4.79 Å². The van der Waals surface area contributed by atoms with Crippen LogP contribution >= 0.6 is 24.0 Å². The molecule has 0 aromatic heterocycles. The largest absolute Gasteiger partial charge is 0.338 e. The molecular weight excluding hydrogens is 259 g/mol. The van der Waals surface area contributed by atoms with Gasteiger partial charge in [0.2, 0.25) is 0 Å². The van der Waals surface area contributed by atoms with Crippen LogP contribution in [0.2, 0.25) is 5.02 Å². The highest BCUT2D eigenvalue weighted by Gasteiger charge is 2.16. The Kier molecular flexibility index (Phi) is 6.53. The monoisotopic (exact) mass is 276 g/mol. The third-order valence-electron chi connectivity index (χ3n) is 2.73. The van der Waals surface area contributed by atoms with Crippen LogP contribution in [0.1, 0.15) is 22.8 Å². The second-order valence-corrected chi connectivity index (χ2v) is 4.37. The lowest BCUT2D eigenvalue weighted by Gasteiger charge is -2.23. The van der Waals surface area contributed by atoms with Crippen LogP contribution in [-0.4, -0.2) is 30.4 Å². The maximum Gasteiger partial charge on any atom is 0.253 e. The third kappa shape index (κ3) is 3.87. The highest BCUT2D eigenvalue weighted by atomic mass is 35.5. The van der Waals surface area contributed by atoms with Crippen LogP contribution in [-0.2, 0) is 0 Å². The molecule has 0 radical (unpaired) electrons. The number of hydrogen-bond donors (Lipinski definition) is 1. The maximum absolute atomic E-state index is 12.0. The quantitative estimate of drug-likeness (QED) is 0.922. The molecule has 1 atom stereocenters. The first-order valence-electron chi connectivity index (χ1n) is 5.20. The molecule has 0 saturated carbocycles. The van der Waals surface area contributed by atoms with E-state index in [-0.39, 0.29) is 24.4 Å². The molecule has 1 unspecified atom stereocenters. The molecule has 1 rings (SSSR count). The van der Waals surface area contributed by atoms with Crippen molar-refractivity contribution in [2.45, 2.75) is 19.9 Å². The zero-order chi connectivity index (χ0) is 12.3. The van der Waals surface area contributed by atoms with Crippen molar-refractivity contribution < 1.29 is 4.79 Å². The van der Waals surface area contributed by atoms with Gasteiger partial charge >= 0.3 is 0 Å². The van der Waals surface area contributed by atoms with E-state index in [1.54, 1.807) is 30.1 Å². The minimum Gasteiger partial charge on any atom is -0.338 e. The van der Waals surface area contributed by atoms with Crippen molar-refractivity contribution in [2.24, 2.45) is 5.73 Å². The van der Waals surface area contributed by atoms with Crippen molar-refractivity contribution in [1.29, 1.82) is 0 Å². The summed E-state index contributed by atoms with van der Waals surface area (Å²) < 4.78 is 0. The molecule has 0 saturated heterocycles. The van der Waals surface area contributed by atoms with Crippen molar-refractivity contribution >= 4 is 29.9 Å². The van der Waals surface area contributed by atoms with Crippen LogP contribution < -0.4 is 5.73 Å². The van der Waals surface area contributed by atoms with E-state index in [4.69, 9.17) is 17.3 Å². The summed E-state index contributed by atoms with van der Waals surface area (Å²) >= 11 is 5.91. The van der Waals surface area contributed by atoms with E-state index >= 15 is 0 Å². The number of carbonyl (C=O) groups is 1. The summed E-state index contributed by atoms with van der Waals surface area (Å²) in [6.07, 6.45) is 0. The molecule has 0 fully saturated rings. The van der Waals surface area contributed by atoms with E-state index in [1.165, 1.54) is 0 Å². The molecule has 96 valence electrons. The van der Waals surface area contributed by atoms with Crippen LogP contribution in [0.5, 0.6) is 0 Å². The van der Waals surface area contributed by atoms with Gasteiger partial charge in [-0.15, -0.1) is 12.4 Å². The fourth-order valence-electron chi connectivity index (χ4n) is 1.34. The smallest absolute Gasteiger partial charge is 0.253 e. The Labute approximate surface area is 113 Å². The fourth-order valence-corrected chi connectivity index (χ4v) is 1.46. The predicted molar refractivity (Wildman–Crippen MR) is 74.0 cm³/mol. The molecule has 1 aromatic rings. The lowest BCUT2D eigenvalue weighted by Crippen LogP contribution is -2.39. The zero-order valence-electron chi connectivity index (χ0n) is 10.2. The molecule has 17 heavy (non-hydrogen) atoms. The van der Waals surface area contributed by atoms with Crippen LogP contribution in [0, 0.1) is 6.92 Å². The SMILES string of the molecule is Cc1cc(C(=O)N(C)C(C)CN)ccc1Cl.Cl. The molecule has 0 aliphatic rings. The number of benzene rings is 1. The van der Waals surface area contributed by atoms with Gasteiger partial charge in [0.25, 0.3) is 5.91 Å². The van der Waals surface area contributed by atoms with Gasteiger partial charge in [-0.25, -0.2) is 0 Å². The van der Waals surface area contributed by atoms with E-state index in [1.807, 2.05) is 13.8 Å². The second kappa shape index (κ2) is 6.84. The summed E-state index contributed by atoms with van der Waals surface area (Å²) in [5.74, 6) is -0.0299. The van der Waals surface area contributed by atoms with Gasteiger partial charge in [-0.1, -0.05) is 11.6 Å². The summed E-state index contributed by atoms with van der Waals surface area (Å²) in [7, 11) is 1.75. The molecular formula is C12H18Cl2N2O. The topological polar surface area (TPSA) is 46.3 Å². The van der Waals surface area contributed by atoms with E-state index in [2.05, 4.69) is 0 Å². The van der Waals surface area contributed by atoms with Gasteiger partial charge < -0.3 is 10.6 Å². The van der Waals surface area contributed by atoms with Crippen molar-refractivity contribution in [3.63, 3.8) is 0 Å². The predicted octanol–water partition coefficient (Wildman–Crippen LogP) is 2.49. The molecule has 0 heterocycles. The highest BCUT2D eigenvalue weighted by molar-refractivity contribution is 6.31. The zero-order valence-corrected chi connectivity index (χ0v) is 11.8. The summed E-state index contributed by atoms with van der Waals surface area (Å²) in [6, 6.07) is 5.30. The Hall–Kier alpha value is -0.770. The summed E-state index contributed by atoms with van der Waals surface area (Å²) in [5.41, 5.74) is 7.08. The van der Waals surface area contributed by atoms with Gasteiger partial charge in [0.1, 0.15) is 0 Å². The number of rotatable bonds is 3. The number of nitrogens with two attached hydrogens (primary N) is 1. The average Bonchev–Trinajstić information content (AvgIpc) is 2.29. The Morgan fingerprint density at radius 3 is 2.59 bits per heavy atom. The van der Waals surface area contributed by atoms with E-state index in [0.29, 0.717) is 17.1 Å². The van der Waals surface area contributed by atoms with Crippen molar-refractivity contribution in [3.8, 4) is 0 Å². The number of amides is 1. The van der Waals surface area contributed by atoms with Crippen molar-refractivity contribution in [1.82, 2.24) is 4.90 Å². The Bertz CT molecular complexity index is 396. The summed E-state index contributed by atoms with van der Waals surface area (Å²) in [4.78, 5) is 13.7. The first-order chi connectivity index (χ1) is 7.47. The molecule has 1 amide bonds. The van der Waals surface area contributed by atoms with Gasteiger partial charge in [-0.05, 0) is 37.6 Å². The fraction of sp³-hybridized carbons (Fsp3) is 0.417. The van der Waals surface area contributed by atoms with Crippen LogP contribution in [0.3, 0.4) is 0 Å². The van der Waals surface area contributed by atoms with Crippen LogP contribution in [0.4, 0.5) is 0 Å². The van der Waals surface area contributed by atoms with Gasteiger partial charge in [-0.2, -0.15) is 0 Å². The molecule has 1 aromatic carbocycles. The van der Waals surface area contributed by atoms with E-state index in [9.17, 15) is 4.79 Å². The van der Waals surface area contributed by atoms with Crippen molar-refractivity contribution in [3.05, 3.63) is 34.3 Å². The number of aryl methyl sites for hydroxylation is 1. The van der Waals surface area contributed by atoms with Gasteiger partial charge in [0.05, 0.1) is 0 Å².